The van der Waals surface area contributed by atoms with E-state index in [0.717, 1.165) is 6.42 Å². The van der Waals surface area contributed by atoms with E-state index in [4.69, 9.17) is 14.2 Å². The van der Waals surface area contributed by atoms with Crippen LogP contribution in [0.3, 0.4) is 0 Å². The molecular weight excluding hydrogens is 404 g/mol. The predicted octanol–water partition coefficient (Wildman–Crippen LogP) is 3.44. The molecule has 1 unspecified atom stereocenters. The van der Waals surface area contributed by atoms with Crippen molar-refractivity contribution in [3.63, 3.8) is 0 Å². The van der Waals surface area contributed by atoms with Crippen LogP contribution >= 0.6 is 15.9 Å². The van der Waals surface area contributed by atoms with Crippen molar-refractivity contribution in [3.8, 4) is 11.5 Å². The van der Waals surface area contributed by atoms with E-state index in [1.807, 2.05) is 13.8 Å². The Balaban J connectivity index is 2.61. The molecule has 0 aromatic heterocycles. The topological polar surface area (TPSA) is 85.9 Å². The first kappa shape index (κ1) is 20.1. The number of esters is 1. The lowest BCUT2D eigenvalue weighted by molar-refractivity contribution is -0.136. The summed E-state index contributed by atoms with van der Waals surface area (Å²) in [5.74, 6) is 0.581. The molecule has 2 amide bonds. The van der Waals surface area contributed by atoms with E-state index < -0.39 is 12.0 Å². The van der Waals surface area contributed by atoms with Gasteiger partial charge in [-0.05, 0) is 47.0 Å². The first-order valence-electron chi connectivity index (χ1n) is 8.35. The van der Waals surface area contributed by atoms with E-state index in [0.29, 0.717) is 45.8 Å². The molecule has 8 heteroatoms. The van der Waals surface area contributed by atoms with Crippen molar-refractivity contribution in [2.75, 3.05) is 20.8 Å². The minimum atomic E-state index is -0.654. The Morgan fingerprint density at radius 3 is 2.58 bits per heavy atom. The molecule has 0 saturated carbocycles. The number of nitrogens with one attached hydrogen (secondary N) is 2. The van der Waals surface area contributed by atoms with Crippen molar-refractivity contribution in [2.24, 2.45) is 0 Å². The summed E-state index contributed by atoms with van der Waals surface area (Å²) >= 11 is 3.46. The summed E-state index contributed by atoms with van der Waals surface area (Å²) in [6, 6.07) is 2.54. The second kappa shape index (κ2) is 8.93. The number of rotatable bonds is 7. The van der Waals surface area contributed by atoms with Gasteiger partial charge in [0, 0.05) is 5.70 Å². The minimum Gasteiger partial charge on any atom is -0.492 e. The largest absolute Gasteiger partial charge is 0.492 e. The first-order chi connectivity index (χ1) is 12.5. The number of benzene rings is 1. The summed E-state index contributed by atoms with van der Waals surface area (Å²) in [7, 11) is 2.87. The summed E-state index contributed by atoms with van der Waals surface area (Å²) in [6.07, 6.45) is 1.34. The fraction of sp³-hybridized carbons (Fsp3) is 0.444. The first-order valence-corrected chi connectivity index (χ1v) is 9.15. The molecule has 0 bridgehead atoms. The van der Waals surface area contributed by atoms with Gasteiger partial charge in [-0.25, -0.2) is 9.59 Å². The molecule has 0 aliphatic carbocycles. The van der Waals surface area contributed by atoms with Crippen molar-refractivity contribution in [1.29, 1.82) is 0 Å². The van der Waals surface area contributed by atoms with E-state index in [1.165, 1.54) is 7.11 Å². The van der Waals surface area contributed by atoms with E-state index in [-0.39, 0.29) is 6.03 Å². The Kier molecular flexibility index (Phi) is 6.90. The van der Waals surface area contributed by atoms with Crippen molar-refractivity contribution < 1.29 is 23.8 Å². The van der Waals surface area contributed by atoms with Gasteiger partial charge in [-0.15, -0.1) is 0 Å². The molecule has 0 spiro atoms. The Morgan fingerprint density at radius 2 is 2.00 bits per heavy atom. The van der Waals surface area contributed by atoms with Crippen molar-refractivity contribution >= 4 is 27.9 Å². The maximum Gasteiger partial charge on any atom is 0.337 e. The van der Waals surface area contributed by atoms with Crippen LogP contribution < -0.4 is 20.1 Å². The number of halogens is 1. The Labute approximate surface area is 161 Å². The smallest absolute Gasteiger partial charge is 0.337 e. The number of ether oxygens (including phenoxy) is 3. The molecule has 7 nitrogen and oxygen atoms in total. The van der Waals surface area contributed by atoms with Crippen LogP contribution in [0.1, 0.15) is 38.3 Å². The third-order valence-electron chi connectivity index (χ3n) is 3.93. The van der Waals surface area contributed by atoms with Crippen LogP contribution in [-0.4, -0.2) is 32.8 Å². The van der Waals surface area contributed by atoms with E-state index >= 15 is 0 Å². The van der Waals surface area contributed by atoms with Crippen LogP contribution in [0.2, 0.25) is 0 Å². The second-order valence-corrected chi connectivity index (χ2v) is 6.49. The molecule has 142 valence electrons. The van der Waals surface area contributed by atoms with Gasteiger partial charge in [0.1, 0.15) is 0 Å². The monoisotopic (exact) mass is 426 g/mol. The third-order valence-corrected chi connectivity index (χ3v) is 4.52. The maximum absolute atomic E-state index is 12.4. The molecule has 1 aliphatic rings. The quantitative estimate of drug-likeness (QED) is 0.652. The van der Waals surface area contributed by atoms with Crippen molar-refractivity contribution in [1.82, 2.24) is 10.6 Å². The van der Waals surface area contributed by atoms with Gasteiger partial charge in [0.2, 0.25) is 0 Å². The van der Waals surface area contributed by atoms with Gasteiger partial charge >= 0.3 is 12.0 Å². The minimum absolute atomic E-state index is 0.365. The summed E-state index contributed by atoms with van der Waals surface area (Å²) in [5, 5.41) is 5.51. The van der Waals surface area contributed by atoms with E-state index in [1.54, 1.807) is 19.2 Å². The highest BCUT2D eigenvalue weighted by Gasteiger charge is 2.34. The van der Waals surface area contributed by atoms with Crippen molar-refractivity contribution in [2.45, 2.75) is 32.7 Å². The van der Waals surface area contributed by atoms with Gasteiger partial charge in [-0.1, -0.05) is 13.3 Å². The highest BCUT2D eigenvalue weighted by atomic mass is 79.9. The third kappa shape index (κ3) is 4.12. The van der Waals surface area contributed by atoms with Gasteiger partial charge in [0.15, 0.2) is 11.5 Å². The molecule has 26 heavy (non-hydrogen) atoms. The molecule has 1 aliphatic heterocycles. The van der Waals surface area contributed by atoms with E-state index in [2.05, 4.69) is 26.6 Å². The predicted molar refractivity (Wildman–Crippen MR) is 100 cm³/mol. The van der Waals surface area contributed by atoms with Crippen LogP contribution in [0.25, 0.3) is 0 Å². The number of methoxy groups -OCH3 is 2. The average molecular weight is 427 g/mol. The van der Waals surface area contributed by atoms with Crippen LogP contribution in [0.5, 0.6) is 11.5 Å². The van der Waals surface area contributed by atoms with Crippen molar-refractivity contribution in [3.05, 3.63) is 33.4 Å². The number of amides is 2. The average Bonchev–Trinajstić information content (AvgIpc) is 2.61. The lowest BCUT2D eigenvalue weighted by Gasteiger charge is -2.29. The molecule has 1 aromatic carbocycles. The normalized spacial score (nSPS) is 16.7. The highest BCUT2D eigenvalue weighted by molar-refractivity contribution is 9.10. The zero-order chi connectivity index (χ0) is 19.3. The number of hydrogen-bond acceptors (Lipinski definition) is 5. The van der Waals surface area contributed by atoms with Crippen LogP contribution in [0.4, 0.5) is 4.79 Å². The lowest BCUT2D eigenvalue weighted by atomic mass is 9.93. The molecule has 1 atom stereocenters. The SMILES string of the molecule is CCCC1=C(C(=O)OC)C(c2cc(Br)c(OC)c(OCC)c2)NC(=O)N1. The van der Waals surface area contributed by atoms with Gasteiger partial charge in [-0.3, -0.25) is 0 Å². The maximum atomic E-state index is 12.4. The summed E-state index contributed by atoms with van der Waals surface area (Å²) < 4.78 is 16.6. The fourth-order valence-electron chi connectivity index (χ4n) is 2.88. The molecular formula is C18H23BrN2O5. The van der Waals surface area contributed by atoms with Gasteiger partial charge in [0.05, 0.1) is 36.9 Å². The highest BCUT2D eigenvalue weighted by Crippen LogP contribution is 2.40. The lowest BCUT2D eigenvalue weighted by Crippen LogP contribution is -2.45. The number of carbonyl (C=O) groups is 2. The number of carbonyl (C=O) groups excluding carboxylic acids is 2. The zero-order valence-corrected chi connectivity index (χ0v) is 16.9. The Hall–Kier alpha value is -2.22. The standard InChI is InChI=1S/C18H23BrN2O5/c1-5-7-12-14(17(22)25-4)15(21-18(23)20-12)10-8-11(19)16(24-3)13(9-10)26-6-2/h8-9,15H,5-7H2,1-4H3,(H2,20,21,23). The summed E-state index contributed by atoms with van der Waals surface area (Å²) in [6.45, 7) is 4.29. The van der Waals surface area contributed by atoms with Crippen LogP contribution in [0.15, 0.2) is 27.9 Å². The number of hydrogen-bond donors (Lipinski definition) is 2. The summed E-state index contributed by atoms with van der Waals surface area (Å²) in [4.78, 5) is 24.6. The molecule has 2 rings (SSSR count). The summed E-state index contributed by atoms with van der Waals surface area (Å²) in [5.41, 5.74) is 1.64. The number of urea groups is 1. The molecule has 1 aromatic rings. The molecule has 0 radical (unpaired) electrons. The van der Waals surface area contributed by atoms with Gasteiger partial charge in [0.25, 0.3) is 0 Å². The molecule has 2 N–H and O–H groups in total. The van der Waals surface area contributed by atoms with Gasteiger partial charge in [-0.2, -0.15) is 0 Å². The van der Waals surface area contributed by atoms with Gasteiger partial charge < -0.3 is 24.8 Å². The molecule has 1 heterocycles. The zero-order valence-electron chi connectivity index (χ0n) is 15.3. The second-order valence-electron chi connectivity index (χ2n) is 5.63. The Morgan fingerprint density at radius 1 is 1.27 bits per heavy atom. The Bertz CT molecular complexity index is 733. The van der Waals surface area contributed by atoms with E-state index in [9.17, 15) is 9.59 Å². The number of allylic oxidation sites excluding steroid dienone is 1. The molecule has 0 fully saturated rings. The van der Waals surface area contributed by atoms with Crippen LogP contribution in [0, 0.1) is 0 Å². The van der Waals surface area contributed by atoms with Crippen LogP contribution in [-0.2, 0) is 9.53 Å². The molecule has 0 saturated heterocycles. The fourth-order valence-corrected chi connectivity index (χ4v) is 3.50.